The highest BCUT2D eigenvalue weighted by Gasteiger charge is 2.26. The van der Waals surface area contributed by atoms with Gasteiger partial charge in [0.2, 0.25) is 0 Å². The Hall–Kier alpha value is -3.33. The van der Waals surface area contributed by atoms with Crippen LogP contribution in [-0.2, 0) is 32.7 Å². The van der Waals surface area contributed by atoms with Gasteiger partial charge in [0.1, 0.15) is 6.61 Å². The van der Waals surface area contributed by atoms with Crippen molar-refractivity contribution < 1.29 is 37.6 Å². The lowest BCUT2D eigenvalue weighted by Gasteiger charge is -2.19. The number of hydrogen-bond acceptors (Lipinski definition) is 8. The molecule has 0 bridgehead atoms. The van der Waals surface area contributed by atoms with Crippen molar-refractivity contribution in [3.05, 3.63) is 109 Å². The second-order valence-electron chi connectivity index (χ2n) is 24.1. The lowest BCUT2D eigenvalue weighted by Crippen LogP contribution is -2.29. The van der Waals surface area contributed by atoms with E-state index in [0.717, 1.165) is 89.9 Å². The summed E-state index contributed by atoms with van der Waals surface area (Å²) < 4.78 is 33.2. The van der Waals surface area contributed by atoms with Gasteiger partial charge in [-0.2, -0.15) is 0 Å². The first-order valence-electron chi connectivity index (χ1n) is 36.4. The van der Waals surface area contributed by atoms with E-state index < -0.39 is 26.5 Å². The standard InChI is InChI=1S/C77H136NO8P/c1-3-5-7-9-11-13-15-17-19-21-23-25-27-29-31-33-35-36-37-38-40-42-44-46-48-50-52-54-56-58-60-62-64-66-68-70-77(80)86-75(74-85-87(81,82)84-72-71-78)73-83-76(79)69-67-65-63-61-59-57-55-53-51-49-47-45-43-41-39-34-32-30-28-26-24-22-20-18-16-14-12-10-8-6-4-2/h5,7,11,13,16-19,22-25,29,31,35-36,38,40,75H,3-4,6,8-10,12,14-15,20-21,26-28,30,32-34,37,39,41-74,78H2,1-2H3,(H,81,82)/b7-5-,13-11-,18-16-,19-17-,24-22-,25-23-,31-29-,36-35-,40-38-. The van der Waals surface area contributed by atoms with Crippen molar-refractivity contribution in [1.82, 2.24) is 0 Å². The average Bonchev–Trinajstić information content (AvgIpc) is 3.64. The van der Waals surface area contributed by atoms with Crippen LogP contribution in [0.2, 0.25) is 0 Å². The van der Waals surface area contributed by atoms with Gasteiger partial charge in [0.25, 0.3) is 0 Å². The minimum Gasteiger partial charge on any atom is -0.462 e. The van der Waals surface area contributed by atoms with Crippen molar-refractivity contribution in [2.24, 2.45) is 5.73 Å². The Kier molecular flexibility index (Phi) is 69.0. The topological polar surface area (TPSA) is 134 Å². The molecular weight excluding hydrogens is 1100 g/mol. The summed E-state index contributed by atoms with van der Waals surface area (Å²) in [6.07, 6.45) is 99.0. The molecule has 0 aromatic carbocycles. The fraction of sp³-hybridized carbons (Fsp3) is 0.740. The molecule has 10 heteroatoms. The van der Waals surface area contributed by atoms with Crippen molar-refractivity contribution in [2.45, 2.75) is 341 Å². The molecule has 0 amide bonds. The number of nitrogens with two attached hydrogens (primary N) is 1. The first-order chi connectivity index (χ1) is 42.8. The molecule has 502 valence electrons. The van der Waals surface area contributed by atoms with Crippen molar-refractivity contribution in [1.29, 1.82) is 0 Å². The van der Waals surface area contributed by atoms with Crippen LogP contribution in [0.1, 0.15) is 335 Å². The summed E-state index contributed by atoms with van der Waals surface area (Å²) in [6, 6.07) is 0. The summed E-state index contributed by atoms with van der Waals surface area (Å²) in [5.74, 6) is -0.819. The summed E-state index contributed by atoms with van der Waals surface area (Å²) in [5, 5.41) is 0. The van der Waals surface area contributed by atoms with Crippen molar-refractivity contribution >= 4 is 19.8 Å². The van der Waals surface area contributed by atoms with Gasteiger partial charge in [-0.25, -0.2) is 4.57 Å². The van der Waals surface area contributed by atoms with E-state index in [1.165, 1.54) is 212 Å². The predicted molar refractivity (Wildman–Crippen MR) is 376 cm³/mol. The van der Waals surface area contributed by atoms with E-state index >= 15 is 0 Å². The zero-order valence-electron chi connectivity index (χ0n) is 56.5. The molecule has 0 aliphatic rings. The summed E-state index contributed by atoms with van der Waals surface area (Å²) in [6.45, 7) is 3.66. The normalized spacial score (nSPS) is 13.6. The monoisotopic (exact) mass is 1230 g/mol. The van der Waals surface area contributed by atoms with Gasteiger partial charge in [-0.1, -0.05) is 329 Å². The van der Waals surface area contributed by atoms with E-state index in [-0.39, 0.29) is 38.6 Å². The van der Waals surface area contributed by atoms with Crippen LogP contribution < -0.4 is 5.73 Å². The van der Waals surface area contributed by atoms with E-state index in [1.54, 1.807) is 0 Å². The van der Waals surface area contributed by atoms with Crippen LogP contribution in [0, 0.1) is 0 Å². The number of esters is 2. The number of phosphoric ester groups is 1. The molecule has 87 heavy (non-hydrogen) atoms. The Bertz CT molecular complexity index is 1800. The molecule has 2 unspecified atom stereocenters. The number of unbranched alkanes of at least 4 members (excludes halogenated alkanes) is 37. The maximum absolute atomic E-state index is 12.8. The number of ether oxygens (including phenoxy) is 2. The Morgan fingerprint density at radius 2 is 0.632 bits per heavy atom. The van der Waals surface area contributed by atoms with Crippen LogP contribution in [0.3, 0.4) is 0 Å². The summed E-state index contributed by atoms with van der Waals surface area (Å²) in [5.41, 5.74) is 5.41. The third-order valence-electron chi connectivity index (χ3n) is 15.6. The number of allylic oxidation sites excluding steroid dienone is 18. The SMILES string of the molecule is CC/C=C\C/C=C\C/C=C\C/C=C\C/C=C\C/C=C\C/C=C\CCCCCCCCCCCCCCCC(=O)OC(COC(=O)CCCCCCCCCCCCCCCCCCCCC/C=C\C/C=C\CCCCCCC)COP(=O)(O)OCCN. The average molecular weight is 1230 g/mol. The van der Waals surface area contributed by atoms with Crippen molar-refractivity contribution in [2.75, 3.05) is 26.4 Å². The van der Waals surface area contributed by atoms with Gasteiger partial charge in [-0.05, 0) is 103 Å². The van der Waals surface area contributed by atoms with Gasteiger partial charge >= 0.3 is 19.8 Å². The van der Waals surface area contributed by atoms with Crippen LogP contribution in [0.4, 0.5) is 0 Å². The highest BCUT2D eigenvalue weighted by Crippen LogP contribution is 2.43. The second-order valence-corrected chi connectivity index (χ2v) is 25.5. The van der Waals surface area contributed by atoms with Gasteiger partial charge in [0, 0.05) is 19.4 Å². The number of phosphoric acid groups is 1. The minimum atomic E-state index is -4.40. The third kappa shape index (κ3) is 71.6. The molecule has 0 aliphatic carbocycles. The molecule has 0 aromatic heterocycles. The molecule has 0 aliphatic heterocycles. The zero-order valence-corrected chi connectivity index (χ0v) is 57.4. The molecule has 0 rings (SSSR count). The van der Waals surface area contributed by atoms with Gasteiger partial charge in [0.15, 0.2) is 6.10 Å². The minimum absolute atomic E-state index is 0.0507. The lowest BCUT2D eigenvalue weighted by atomic mass is 10.0. The predicted octanol–water partition coefficient (Wildman–Crippen LogP) is 24.1. The van der Waals surface area contributed by atoms with E-state index in [0.29, 0.717) is 6.42 Å². The van der Waals surface area contributed by atoms with Crippen LogP contribution in [0.15, 0.2) is 109 Å². The Balaban J connectivity index is 3.87. The molecule has 0 heterocycles. The summed E-state index contributed by atoms with van der Waals surface area (Å²) >= 11 is 0. The first-order valence-corrected chi connectivity index (χ1v) is 37.9. The van der Waals surface area contributed by atoms with Crippen LogP contribution in [-0.4, -0.2) is 49.3 Å². The van der Waals surface area contributed by atoms with Crippen molar-refractivity contribution in [3.63, 3.8) is 0 Å². The van der Waals surface area contributed by atoms with E-state index in [4.69, 9.17) is 24.3 Å². The number of carbonyl (C=O) groups is 2. The molecule has 9 nitrogen and oxygen atoms in total. The fourth-order valence-corrected chi connectivity index (χ4v) is 11.1. The van der Waals surface area contributed by atoms with Crippen LogP contribution in [0.5, 0.6) is 0 Å². The molecule has 3 N–H and O–H groups in total. The maximum atomic E-state index is 12.8. The molecule has 2 atom stereocenters. The molecule has 0 saturated carbocycles. The molecule has 0 fully saturated rings. The third-order valence-corrected chi connectivity index (χ3v) is 16.6. The fourth-order valence-electron chi connectivity index (χ4n) is 10.3. The smallest absolute Gasteiger partial charge is 0.462 e. The highest BCUT2D eigenvalue weighted by molar-refractivity contribution is 7.47. The van der Waals surface area contributed by atoms with Crippen LogP contribution >= 0.6 is 7.82 Å². The second kappa shape index (κ2) is 71.7. The number of hydrogen-bond donors (Lipinski definition) is 2. The largest absolute Gasteiger partial charge is 0.472 e. The van der Waals surface area contributed by atoms with Crippen LogP contribution in [0.25, 0.3) is 0 Å². The molecular formula is C77H136NO8P. The summed E-state index contributed by atoms with van der Waals surface area (Å²) in [7, 11) is -4.40. The van der Waals surface area contributed by atoms with E-state index in [1.807, 2.05) is 0 Å². The maximum Gasteiger partial charge on any atom is 0.472 e. The Morgan fingerprint density at radius 1 is 0.356 bits per heavy atom. The summed E-state index contributed by atoms with van der Waals surface area (Å²) in [4.78, 5) is 35.4. The molecule has 0 radical (unpaired) electrons. The molecule has 0 spiro atoms. The lowest BCUT2D eigenvalue weighted by molar-refractivity contribution is -0.161. The molecule has 0 aromatic rings. The highest BCUT2D eigenvalue weighted by atomic mass is 31.2. The molecule has 0 saturated heterocycles. The van der Waals surface area contributed by atoms with E-state index in [9.17, 15) is 19.0 Å². The number of rotatable bonds is 68. The Morgan fingerprint density at radius 3 is 0.943 bits per heavy atom. The van der Waals surface area contributed by atoms with Gasteiger partial charge in [-0.15, -0.1) is 0 Å². The van der Waals surface area contributed by atoms with Gasteiger partial charge < -0.3 is 20.1 Å². The van der Waals surface area contributed by atoms with Gasteiger partial charge in [-0.3, -0.25) is 18.6 Å². The zero-order chi connectivity index (χ0) is 63.0. The Labute approximate surface area is 537 Å². The van der Waals surface area contributed by atoms with Gasteiger partial charge in [0.05, 0.1) is 13.2 Å². The number of carbonyl (C=O) groups excluding carboxylic acids is 2. The van der Waals surface area contributed by atoms with Crippen molar-refractivity contribution in [3.8, 4) is 0 Å². The quantitative estimate of drug-likeness (QED) is 0.0264. The van der Waals surface area contributed by atoms with E-state index in [2.05, 4.69) is 123 Å². The first kappa shape index (κ1) is 83.7.